The first-order valence-corrected chi connectivity index (χ1v) is 8.05. The molecule has 1 aliphatic rings. The smallest absolute Gasteiger partial charge is 0.0540 e. The Morgan fingerprint density at radius 1 is 1.55 bits per heavy atom. The first kappa shape index (κ1) is 13.8. The highest BCUT2D eigenvalue weighted by atomic mass is 32.1. The van der Waals surface area contributed by atoms with Gasteiger partial charge in [0.2, 0.25) is 0 Å². The van der Waals surface area contributed by atoms with Crippen LogP contribution in [0.2, 0.25) is 0 Å². The summed E-state index contributed by atoms with van der Waals surface area (Å²) in [5.41, 5.74) is 8.60. The van der Waals surface area contributed by atoms with Crippen molar-refractivity contribution >= 4 is 11.3 Å². The number of aryl methyl sites for hydroxylation is 1. The van der Waals surface area contributed by atoms with Crippen molar-refractivity contribution in [3.8, 4) is 0 Å². The van der Waals surface area contributed by atoms with Gasteiger partial charge in [0, 0.05) is 42.3 Å². The molecule has 2 N–H and O–H groups in total. The standard InChI is InChI=1S/C15H22N4S/c1-11-14(9-17-18(11)2)15(8-16)19(12-5-6-12)10-13-4-3-7-20-13/h3-4,7,9,12,15H,5-6,8,10,16H2,1-2H3. The predicted molar refractivity (Wildman–Crippen MR) is 82.6 cm³/mol. The maximum absolute atomic E-state index is 6.10. The summed E-state index contributed by atoms with van der Waals surface area (Å²) in [7, 11) is 1.99. The van der Waals surface area contributed by atoms with Crippen molar-refractivity contribution < 1.29 is 0 Å². The molecule has 0 amide bonds. The van der Waals surface area contributed by atoms with Crippen molar-refractivity contribution in [2.45, 2.75) is 38.4 Å². The molecule has 4 nitrogen and oxygen atoms in total. The Bertz CT molecular complexity index is 556. The molecule has 1 fully saturated rings. The van der Waals surface area contributed by atoms with Gasteiger partial charge in [-0.1, -0.05) is 6.07 Å². The Labute approximate surface area is 124 Å². The zero-order chi connectivity index (χ0) is 14.1. The van der Waals surface area contributed by atoms with E-state index in [9.17, 15) is 0 Å². The largest absolute Gasteiger partial charge is 0.329 e. The summed E-state index contributed by atoms with van der Waals surface area (Å²) in [5.74, 6) is 0. The van der Waals surface area contributed by atoms with Crippen LogP contribution in [-0.2, 0) is 13.6 Å². The summed E-state index contributed by atoms with van der Waals surface area (Å²) < 4.78 is 1.94. The first-order valence-electron chi connectivity index (χ1n) is 7.17. The monoisotopic (exact) mass is 290 g/mol. The molecule has 1 aliphatic carbocycles. The van der Waals surface area contributed by atoms with Crippen LogP contribution in [0.3, 0.4) is 0 Å². The second-order valence-corrected chi connectivity index (χ2v) is 6.58. The average molecular weight is 290 g/mol. The van der Waals surface area contributed by atoms with Crippen LogP contribution in [-0.4, -0.2) is 27.3 Å². The van der Waals surface area contributed by atoms with Gasteiger partial charge in [0.15, 0.2) is 0 Å². The van der Waals surface area contributed by atoms with Crippen LogP contribution < -0.4 is 5.73 Å². The van der Waals surface area contributed by atoms with E-state index in [4.69, 9.17) is 5.73 Å². The average Bonchev–Trinajstić information content (AvgIpc) is 3.08. The van der Waals surface area contributed by atoms with E-state index in [2.05, 4.69) is 34.4 Å². The highest BCUT2D eigenvalue weighted by molar-refractivity contribution is 7.09. The second kappa shape index (κ2) is 5.68. The molecule has 1 unspecified atom stereocenters. The Morgan fingerprint density at radius 2 is 2.35 bits per heavy atom. The molecule has 2 aromatic heterocycles. The van der Waals surface area contributed by atoms with Crippen LogP contribution in [0.4, 0.5) is 0 Å². The lowest BCUT2D eigenvalue weighted by molar-refractivity contribution is 0.183. The molecule has 0 bridgehead atoms. The molecule has 108 valence electrons. The predicted octanol–water partition coefficient (Wildman–Crippen LogP) is 2.45. The van der Waals surface area contributed by atoms with E-state index in [1.165, 1.54) is 29.0 Å². The van der Waals surface area contributed by atoms with Gasteiger partial charge >= 0.3 is 0 Å². The highest BCUT2D eigenvalue weighted by Gasteiger charge is 2.35. The zero-order valence-corrected chi connectivity index (χ0v) is 12.9. The number of hydrogen-bond acceptors (Lipinski definition) is 4. The lowest BCUT2D eigenvalue weighted by Gasteiger charge is -2.30. The third-order valence-corrected chi connectivity index (χ3v) is 5.05. The number of nitrogens with zero attached hydrogens (tertiary/aromatic N) is 3. The molecule has 2 aromatic rings. The minimum absolute atomic E-state index is 0.276. The van der Waals surface area contributed by atoms with Crippen molar-refractivity contribution in [3.63, 3.8) is 0 Å². The molecule has 2 heterocycles. The molecule has 0 saturated heterocycles. The Balaban J connectivity index is 1.86. The maximum atomic E-state index is 6.10. The Hall–Kier alpha value is -1.17. The lowest BCUT2D eigenvalue weighted by Crippen LogP contribution is -2.35. The van der Waals surface area contributed by atoms with Crippen LogP contribution in [0.1, 0.15) is 35.0 Å². The van der Waals surface area contributed by atoms with E-state index >= 15 is 0 Å². The topological polar surface area (TPSA) is 47.1 Å². The normalized spacial score (nSPS) is 16.8. The van der Waals surface area contributed by atoms with Crippen LogP contribution in [0.15, 0.2) is 23.7 Å². The lowest BCUT2D eigenvalue weighted by atomic mass is 10.1. The van der Waals surface area contributed by atoms with E-state index in [0.717, 1.165) is 6.54 Å². The number of nitrogens with two attached hydrogens (primary N) is 1. The van der Waals surface area contributed by atoms with Crippen molar-refractivity contribution in [3.05, 3.63) is 39.8 Å². The van der Waals surface area contributed by atoms with Gasteiger partial charge in [-0.05, 0) is 31.2 Å². The molecule has 0 aliphatic heterocycles. The summed E-state index contributed by atoms with van der Waals surface area (Å²) in [6.45, 7) is 3.77. The van der Waals surface area contributed by atoms with E-state index in [0.29, 0.717) is 12.6 Å². The fraction of sp³-hybridized carbons (Fsp3) is 0.533. The molecule has 1 atom stereocenters. The molecular weight excluding hydrogens is 268 g/mol. The third kappa shape index (κ3) is 2.66. The fourth-order valence-electron chi connectivity index (χ4n) is 2.77. The zero-order valence-electron chi connectivity index (χ0n) is 12.1. The summed E-state index contributed by atoms with van der Waals surface area (Å²) >= 11 is 1.83. The summed E-state index contributed by atoms with van der Waals surface area (Å²) in [6.07, 6.45) is 4.57. The first-order chi connectivity index (χ1) is 9.70. The van der Waals surface area contributed by atoms with Crippen LogP contribution in [0.25, 0.3) is 0 Å². The SMILES string of the molecule is Cc1c(C(CN)N(Cc2cccs2)C2CC2)cnn1C. The van der Waals surface area contributed by atoms with Gasteiger partial charge in [-0.3, -0.25) is 9.58 Å². The van der Waals surface area contributed by atoms with Gasteiger partial charge in [0.25, 0.3) is 0 Å². The van der Waals surface area contributed by atoms with Crippen molar-refractivity contribution in [2.75, 3.05) is 6.54 Å². The van der Waals surface area contributed by atoms with Crippen molar-refractivity contribution in [2.24, 2.45) is 12.8 Å². The Morgan fingerprint density at radius 3 is 2.85 bits per heavy atom. The quantitative estimate of drug-likeness (QED) is 0.889. The van der Waals surface area contributed by atoms with E-state index in [-0.39, 0.29) is 6.04 Å². The number of hydrogen-bond donors (Lipinski definition) is 1. The van der Waals surface area contributed by atoms with Gasteiger partial charge in [-0.15, -0.1) is 11.3 Å². The molecular formula is C15H22N4S. The summed E-state index contributed by atoms with van der Waals surface area (Å²) in [5, 5.41) is 6.53. The van der Waals surface area contributed by atoms with Gasteiger partial charge in [-0.2, -0.15) is 5.10 Å². The molecule has 1 saturated carbocycles. The van der Waals surface area contributed by atoms with Gasteiger partial charge in [-0.25, -0.2) is 0 Å². The third-order valence-electron chi connectivity index (χ3n) is 4.19. The maximum Gasteiger partial charge on any atom is 0.0540 e. The van der Waals surface area contributed by atoms with Crippen molar-refractivity contribution in [1.29, 1.82) is 0 Å². The fourth-order valence-corrected chi connectivity index (χ4v) is 3.48. The number of aromatic nitrogens is 2. The second-order valence-electron chi connectivity index (χ2n) is 5.54. The molecule has 20 heavy (non-hydrogen) atoms. The molecule has 0 aromatic carbocycles. The number of thiophene rings is 1. The highest BCUT2D eigenvalue weighted by Crippen LogP contribution is 2.36. The van der Waals surface area contributed by atoms with Gasteiger partial charge in [0.1, 0.15) is 0 Å². The molecule has 0 spiro atoms. The van der Waals surface area contributed by atoms with E-state index in [1.807, 2.05) is 29.3 Å². The van der Waals surface area contributed by atoms with Crippen LogP contribution in [0.5, 0.6) is 0 Å². The summed E-state index contributed by atoms with van der Waals surface area (Å²) in [4.78, 5) is 3.98. The number of rotatable bonds is 6. The van der Waals surface area contributed by atoms with Gasteiger partial charge in [0.05, 0.1) is 12.2 Å². The van der Waals surface area contributed by atoms with E-state index in [1.54, 1.807) is 0 Å². The molecule has 5 heteroatoms. The molecule has 0 radical (unpaired) electrons. The Kier molecular flexibility index (Phi) is 3.92. The van der Waals surface area contributed by atoms with E-state index < -0.39 is 0 Å². The summed E-state index contributed by atoms with van der Waals surface area (Å²) in [6, 6.07) is 5.30. The van der Waals surface area contributed by atoms with Crippen LogP contribution in [0, 0.1) is 6.92 Å². The van der Waals surface area contributed by atoms with Crippen LogP contribution >= 0.6 is 11.3 Å². The minimum Gasteiger partial charge on any atom is -0.329 e. The molecule has 3 rings (SSSR count). The van der Waals surface area contributed by atoms with Gasteiger partial charge < -0.3 is 5.73 Å². The van der Waals surface area contributed by atoms with Crippen molar-refractivity contribution in [1.82, 2.24) is 14.7 Å². The minimum atomic E-state index is 0.276.